The summed E-state index contributed by atoms with van der Waals surface area (Å²) in [7, 11) is 1.84. The van der Waals surface area contributed by atoms with Gasteiger partial charge in [0.2, 0.25) is 0 Å². The molecule has 4 aromatic rings. The molecule has 1 aliphatic heterocycles. The lowest BCUT2D eigenvalue weighted by atomic mass is 10.1. The van der Waals surface area contributed by atoms with E-state index in [9.17, 15) is 4.79 Å². The lowest BCUT2D eigenvalue weighted by molar-refractivity contribution is 0.326. The molecule has 1 fully saturated rings. The first-order chi connectivity index (χ1) is 18.0. The van der Waals surface area contributed by atoms with Crippen LogP contribution in [0.15, 0.2) is 71.0 Å². The Morgan fingerprint density at radius 1 is 1.19 bits per heavy atom. The van der Waals surface area contributed by atoms with E-state index in [4.69, 9.17) is 10.5 Å². The van der Waals surface area contributed by atoms with Crippen LogP contribution in [0.25, 0.3) is 22.6 Å². The third-order valence-electron chi connectivity index (χ3n) is 6.08. The molecule has 3 aromatic heterocycles. The molecule has 0 spiro atoms. The number of benzene rings is 1. The van der Waals surface area contributed by atoms with Gasteiger partial charge in [0.05, 0.1) is 43.4 Å². The highest BCUT2D eigenvalue weighted by Crippen LogP contribution is 2.19. The average molecular weight is 500 g/mol. The summed E-state index contributed by atoms with van der Waals surface area (Å²) in [5, 5.41) is 12.0. The predicted octanol–water partition coefficient (Wildman–Crippen LogP) is 1.64. The highest BCUT2D eigenvalue weighted by Gasteiger charge is 2.17. The molecule has 0 saturated carbocycles. The van der Waals surface area contributed by atoms with Crippen molar-refractivity contribution in [1.29, 1.82) is 0 Å². The molecule has 1 unspecified atom stereocenters. The second kappa shape index (κ2) is 11.1. The molecular weight excluding hydrogens is 470 g/mol. The lowest BCUT2D eigenvalue weighted by Gasteiger charge is -2.10. The van der Waals surface area contributed by atoms with E-state index in [0.717, 1.165) is 36.1 Å². The molecule has 1 saturated heterocycles. The van der Waals surface area contributed by atoms with Gasteiger partial charge in [0, 0.05) is 30.4 Å². The zero-order chi connectivity index (χ0) is 25.6. The van der Waals surface area contributed by atoms with Gasteiger partial charge in [-0.3, -0.25) is 14.5 Å². The molecule has 0 aliphatic carbocycles. The number of ether oxygens (including phenoxy) is 1. The van der Waals surface area contributed by atoms with Gasteiger partial charge in [0.15, 0.2) is 11.6 Å². The van der Waals surface area contributed by atoms with Crippen molar-refractivity contribution < 1.29 is 4.74 Å². The number of aliphatic imine (C=N–C) groups is 1. The van der Waals surface area contributed by atoms with Gasteiger partial charge in [-0.1, -0.05) is 18.2 Å². The topological polar surface area (TPSA) is 138 Å². The van der Waals surface area contributed by atoms with E-state index in [0.29, 0.717) is 42.8 Å². The van der Waals surface area contributed by atoms with Gasteiger partial charge in [-0.05, 0) is 37.1 Å². The van der Waals surface area contributed by atoms with Gasteiger partial charge in [0.25, 0.3) is 5.56 Å². The van der Waals surface area contributed by atoms with E-state index < -0.39 is 0 Å². The van der Waals surface area contributed by atoms with Gasteiger partial charge in [-0.25, -0.2) is 14.6 Å². The van der Waals surface area contributed by atoms with Gasteiger partial charge in [-0.2, -0.15) is 10.2 Å². The van der Waals surface area contributed by atoms with Crippen LogP contribution in [0.4, 0.5) is 0 Å². The molecule has 1 atom stereocenters. The molecule has 11 nitrogen and oxygen atoms in total. The first-order valence-electron chi connectivity index (χ1n) is 12.2. The van der Waals surface area contributed by atoms with E-state index in [2.05, 4.69) is 30.5 Å². The minimum Gasteiger partial charge on any atom is -0.488 e. The Morgan fingerprint density at radius 3 is 2.81 bits per heavy atom. The summed E-state index contributed by atoms with van der Waals surface area (Å²) in [4.78, 5) is 25.7. The van der Waals surface area contributed by atoms with E-state index in [1.807, 2.05) is 37.5 Å². The maximum absolute atomic E-state index is 12.4. The van der Waals surface area contributed by atoms with E-state index >= 15 is 0 Å². The summed E-state index contributed by atoms with van der Waals surface area (Å²) in [5.74, 6) is 1.76. The number of aryl methyl sites for hydroxylation is 1. The van der Waals surface area contributed by atoms with E-state index in [1.165, 1.54) is 10.7 Å². The Labute approximate surface area is 214 Å². The van der Waals surface area contributed by atoms with Crippen molar-refractivity contribution in [3.05, 3.63) is 77.1 Å². The number of nitrogens with two attached hydrogens (primary N) is 1. The third-order valence-corrected chi connectivity index (χ3v) is 6.08. The third kappa shape index (κ3) is 6.07. The number of nitrogens with zero attached hydrogens (tertiary/aromatic N) is 7. The number of amidine groups is 1. The first kappa shape index (κ1) is 24.3. The lowest BCUT2D eigenvalue weighted by Crippen LogP contribution is -2.37. The molecule has 1 aromatic carbocycles. The van der Waals surface area contributed by atoms with Gasteiger partial charge >= 0.3 is 0 Å². The number of aromatic nitrogens is 6. The summed E-state index contributed by atoms with van der Waals surface area (Å²) in [5.41, 5.74) is 9.13. The number of hydrogen-bond acceptors (Lipinski definition) is 8. The number of nitrogens with one attached hydrogen (secondary N) is 1. The van der Waals surface area contributed by atoms with Crippen LogP contribution in [0.2, 0.25) is 0 Å². The SMILES string of the molecule is Cn1cc(-c2ccc(=O)n(Cc3cccc(-c4ncc(OCCN=C(N)C5CCCN5)cn4)c3)n2)cn1. The fourth-order valence-electron chi connectivity index (χ4n) is 4.18. The summed E-state index contributed by atoms with van der Waals surface area (Å²) in [6.45, 7) is 2.18. The maximum atomic E-state index is 12.4. The molecule has 4 heterocycles. The molecule has 0 radical (unpaired) electrons. The largest absolute Gasteiger partial charge is 0.488 e. The van der Waals surface area contributed by atoms with Crippen molar-refractivity contribution in [2.24, 2.45) is 17.8 Å². The molecule has 3 N–H and O–H groups in total. The predicted molar refractivity (Wildman–Crippen MR) is 140 cm³/mol. The molecule has 0 bridgehead atoms. The summed E-state index contributed by atoms with van der Waals surface area (Å²) >= 11 is 0. The molecule has 11 heteroatoms. The Kier molecular flexibility index (Phi) is 7.31. The summed E-state index contributed by atoms with van der Waals surface area (Å²) in [6.07, 6.45) is 9.02. The Morgan fingerprint density at radius 2 is 2.05 bits per heavy atom. The van der Waals surface area contributed by atoms with Crippen LogP contribution < -0.4 is 21.3 Å². The first-order valence-corrected chi connectivity index (χ1v) is 12.2. The molecule has 5 rings (SSSR count). The fourth-order valence-corrected chi connectivity index (χ4v) is 4.18. The number of rotatable bonds is 9. The standard InChI is InChI=1S/C26H29N9O2/c1-34-17-20(13-32-34)22-7-8-24(36)35(33-22)16-18-4-2-5-19(12-18)26-30-14-21(15-31-26)37-11-10-29-25(27)23-6-3-9-28-23/h2,4-5,7-8,12-15,17,23,28H,3,6,9-11,16H2,1H3,(H2,27,29). The van der Waals surface area contributed by atoms with Crippen LogP contribution in [0, 0.1) is 0 Å². The van der Waals surface area contributed by atoms with Crippen LogP contribution in [0.1, 0.15) is 18.4 Å². The summed E-state index contributed by atoms with van der Waals surface area (Å²) < 4.78 is 8.86. The van der Waals surface area contributed by atoms with Crippen LogP contribution >= 0.6 is 0 Å². The maximum Gasteiger partial charge on any atom is 0.267 e. The van der Waals surface area contributed by atoms with Crippen molar-refractivity contribution in [1.82, 2.24) is 34.8 Å². The number of hydrogen-bond donors (Lipinski definition) is 2. The van der Waals surface area contributed by atoms with Crippen molar-refractivity contribution in [2.45, 2.75) is 25.4 Å². The fraction of sp³-hybridized carbons (Fsp3) is 0.308. The minimum atomic E-state index is -0.179. The van der Waals surface area contributed by atoms with Crippen LogP contribution in [-0.4, -0.2) is 61.1 Å². The molecule has 1 aliphatic rings. The second-order valence-electron chi connectivity index (χ2n) is 8.86. The smallest absolute Gasteiger partial charge is 0.267 e. The van der Waals surface area contributed by atoms with Gasteiger partial charge < -0.3 is 15.8 Å². The average Bonchev–Trinajstić information content (AvgIpc) is 3.61. The van der Waals surface area contributed by atoms with Crippen molar-refractivity contribution in [2.75, 3.05) is 19.7 Å². The van der Waals surface area contributed by atoms with Gasteiger partial charge in [0.1, 0.15) is 12.4 Å². The molecule has 0 amide bonds. The summed E-state index contributed by atoms with van der Waals surface area (Å²) in [6, 6.07) is 11.1. The quantitative estimate of drug-likeness (QED) is 0.201. The highest BCUT2D eigenvalue weighted by molar-refractivity contribution is 5.86. The van der Waals surface area contributed by atoms with Gasteiger partial charge in [-0.15, -0.1) is 0 Å². The second-order valence-corrected chi connectivity index (χ2v) is 8.86. The molecule has 190 valence electrons. The Balaban J connectivity index is 1.22. The van der Waals surface area contributed by atoms with Crippen molar-refractivity contribution >= 4 is 5.84 Å². The zero-order valence-electron chi connectivity index (χ0n) is 20.6. The van der Waals surface area contributed by atoms with Crippen LogP contribution in [-0.2, 0) is 13.6 Å². The van der Waals surface area contributed by atoms with Crippen molar-refractivity contribution in [3.63, 3.8) is 0 Å². The monoisotopic (exact) mass is 499 g/mol. The Hall–Kier alpha value is -4.38. The normalized spacial score (nSPS) is 15.7. The highest BCUT2D eigenvalue weighted by atomic mass is 16.5. The van der Waals surface area contributed by atoms with Crippen LogP contribution in [0.5, 0.6) is 5.75 Å². The van der Waals surface area contributed by atoms with E-state index in [-0.39, 0.29) is 11.6 Å². The Bertz CT molecular complexity index is 1440. The molecular formula is C26H29N9O2. The van der Waals surface area contributed by atoms with Crippen molar-refractivity contribution in [3.8, 4) is 28.4 Å². The van der Waals surface area contributed by atoms with Crippen LogP contribution in [0.3, 0.4) is 0 Å². The zero-order valence-corrected chi connectivity index (χ0v) is 20.6. The minimum absolute atomic E-state index is 0.179. The van der Waals surface area contributed by atoms with E-state index in [1.54, 1.807) is 29.3 Å². The molecule has 37 heavy (non-hydrogen) atoms.